The Morgan fingerprint density at radius 1 is 1.21 bits per heavy atom. The molecule has 1 aliphatic rings. The Balaban J connectivity index is 1.50. The Morgan fingerprint density at radius 3 is 2.61 bits per heavy atom. The number of rotatable bonds is 13. The maximum atomic E-state index is 13.2. The van der Waals surface area contributed by atoms with Crippen LogP contribution in [0.5, 0.6) is 5.88 Å². The summed E-state index contributed by atoms with van der Waals surface area (Å²) in [4.78, 5) is 30.2. The lowest BCUT2D eigenvalue weighted by Crippen LogP contribution is -2.25. The zero-order chi connectivity index (χ0) is 27.3. The van der Waals surface area contributed by atoms with E-state index < -0.39 is 21.8 Å². The number of aliphatic hydroxyl groups excluding tert-OH is 1. The summed E-state index contributed by atoms with van der Waals surface area (Å²) in [6, 6.07) is 9.46. The first kappa shape index (κ1) is 27.9. The molecule has 38 heavy (non-hydrogen) atoms. The predicted octanol–water partition coefficient (Wildman–Crippen LogP) is 2.70. The van der Waals surface area contributed by atoms with E-state index in [0.29, 0.717) is 46.4 Å². The third kappa shape index (κ3) is 7.04. The number of pyridine rings is 1. The van der Waals surface area contributed by atoms with Gasteiger partial charge in [0.25, 0.3) is 5.91 Å². The molecule has 0 unspecified atom stereocenters. The maximum Gasteiger partial charge on any atom is 0.280 e. The number of thiazole rings is 1. The second-order valence-electron chi connectivity index (χ2n) is 9.26. The van der Waals surface area contributed by atoms with Crippen molar-refractivity contribution < 1.29 is 27.9 Å². The van der Waals surface area contributed by atoms with Gasteiger partial charge in [-0.25, -0.2) is 18.4 Å². The molecule has 1 aliphatic carbocycles. The number of amides is 1. The number of sulfone groups is 1. The second kappa shape index (κ2) is 12.2. The zero-order valence-electron chi connectivity index (χ0n) is 21.5. The Kier molecular flexibility index (Phi) is 8.92. The maximum absolute atomic E-state index is 13.2. The second-order valence-corrected chi connectivity index (χ2v) is 12.5. The summed E-state index contributed by atoms with van der Waals surface area (Å²) in [6.07, 6.45) is 1.54. The van der Waals surface area contributed by atoms with Crippen molar-refractivity contribution in [3.63, 3.8) is 0 Å². The number of hydrogen-bond donors (Lipinski definition) is 2. The summed E-state index contributed by atoms with van der Waals surface area (Å²) in [7, 11) is 0.634. The number of carbonyl (C=O) groups is 1. The van der Waals surface area contributed by atoms with Gasteiger partial charge in [-0.15, -0.1) is 0 Å². The highest BCUT2D eigenvalue weighted by atomic mass is 32.2. The molecule has 2 aromatic heterocycles. The van der Waals surface area contributed by atoms with Crippen molar-refractivity contribution in [2.75, 3.05) is 39.2 Å². The van der Waals surface area contributed by atoms with E-state index in [0.717, 1.165) is 13.0 Å². The molecule has 4 rings (SSSR count). The molecule has 204 valence electrons. The molecule has 1 fully saturated rings. The number of ether oxygens (including phenoxy) is 1. The van der Waals surface area contributed by atoms with Crippen LogP contribution in [-0.4, -0.2) is 85.2 Å². The number of carbonyl (C=O) groups excluding carboxylic acids is 1. The van der Waals surface area contributed by atoms with Crippen molar-refractivity contribution in [1.82, 2.24) is 14.9 Å². The molecule has 0 radical (unpaired) electrons. The molecule has 0 saturated heterocycles. The summed E-state index contributed by atoms with van der Waals surface area (Å²) in [5.74, 6) is -0.125. The van der Waals surface area contributed by atoms with Crippen LogP contribution >= 0.6 is 11.3 Å². The van der Waals surface area contributed by atoms with Crippen molar-refractivity contribution in [2.24, 2.45) is 5.16 Å². The molecule has 2 N–H and O–H groups in total. The molecule has 1 amide bonds. The molecule has 1 saturated carbocycles. The number of benzene rings is 1. The first-order valence-electron chi connectivity index (χ1n) is 12.2. The van der Waals surface area contributed by atoms with Gasteiger partial charge >= 0.3 is 0 Å². The minimum Gasteiger partial charge on any atom is -0.478 e. The van der Waals surface area contributed by atoms with E-state index in [1.165, 1.54) is 35.6 Å². The van der Waals surface area contributed by atoms with E-state index in [1.54, 1.807) is 19.1 Å². The van der Waals surface area contributed by atoms with Gasteiger partial charge in [-0.2, -0.15) is 0 Å². The van der Waals surface area contributed by atoms with Gasteiger partial charge in [-0.1, -0.05) is 28.6 Å². The Bertz CT molecular complexity index is 1400. The van der Waals surface area contributed by atoms with Gasteiger partial charge in [-0.05, 0) is 58.5 Å². The van der Waals surface area contributed by atoms with Crippen LogP contribution in [0.4, 0.5) is 5.13 Å². The summed E-state index contributed by atoms with van der Waals surface area (Å²) in [6.45, 7) is 2.75. The fourth-order valence-electron chi connectivity index (χ4n) is 3.42. The van der Waals surface area contributed by atoms with E-state index in [4.69, 9.17) is 9.57 Å². The number of nitrogens with one attached hydrogen (secondary N) is 1. The Hall–Kier alpha value is -3.13. The van der Waals surface area contributed by atoms with Crippen molar-refractivity contribution in [3.8, 4) is 5.88 Å². The van der Waals surface area contributed by atoms with Crippen LogP contribution in [-0.2, 0) is 19.5 Å². The summed E-state index contributed by atoms with van der Waals surface area (Å²) in [5, 5.41) is 15.9. The molecule has 0 bridgehead atoms. The quantitative estimate of drug-likeness (QED) is 0.183. The van der Waals surface area contributed by atoms with Crippen molar-refractivity contribution in [3.05, 3.63) is 42.0 Å². The molecule has 0 spiro atoms. The van der Waals surface area contributed by atoms with Crippen LogP contribution in [0.3, 0.4) is 0 Å². The minimum absolute atomic E-state index is 0.0854. The predicted molar refractivity (Wildman–Crippen MR) is 146 cm³/mol. The first-order chi connectivity index (χ1) is 18.2. The van der Waals surface area contributed by atoms with Crippen LogP contribution in [0.2, 0.25) is 0 Å². The highest BCUT2D eigenvalue weighted by Gasteiger charge is 2.36. The van der Waals surface area contributed by atoms with E-state index in [-0.39, 0.29) is 22.5 Å². The molecule has 11 nitrogen and oxygen atoms in total. The SMILES string of the molecule is C[C@H](CO)O/N=C(/C(=O)Nc1nc2ccc(OCCCN(C)C)nc2s1)c1ccc(S(=O)(=O)C2CC2)cc1. The van der Waals surface area contributed by atoms with Crippen molar-refractivity contribution >= 4 is 48.3 Å². The molecule has 1 aromatic carbocycles. The molecule has 0 aliphatic heterocycles. The van der Waals surface area contributed by atoms with Gasteiger partial charge in [0.05, 0.1) is 23.4 Å². The summed E-state index contributed by atoms with van der Waals surface area (Å²) in [5.41, 5.74) is 0.872. The summed E-state index contributed by atoms with van der Waals surface area (Å²) >= 11 is 1.18. The fourth-order valence-corrected chi connectivity index (χ4v) is 5.90. The fraction of sp³-hybridized carbons (Fsp3) is 0.440. The number of hydrogen-bond acceptors (Lipinski definition) is 11. The van der Waals surface area contributed by atoms with Gasteiger partial charge in [0, 0.05) is 18.2 Å². The number of anilines is 1. The molecule has 13 heteroatoms. The Morgan fingerprint density at radius 2 is 1.95 bits per heavy atom. The van der Waals surface area contributed by atoms with Crippen LogP contribution in [0.1, 0.15) is 31.7 Å². The van der Waals surface area contributed by atoms with E-state index in [2.05, 4.69) is 25.3 Å². The number of aliphatic hydroxyl groups is 1. The smallest absolute Gasteiger partial charge is 0.280 e. The Labute approximate surface area is 225 Å². The third-order valence-corrected chi connectivity index (χ3v) is 8.82. The van der Waals surface area contributed by atoms with Gasteiger partial charge < -0.3 is 19.6 Å². The zero-order valence-corrected chi connectivity index (χ0v) is 23.1. The van der Waals surface area contributed by atoms with Gasteiger partial charge in [0.2, 0.25) is 5.88 Å². The normalized spacial score (nSPS) is 15.0. The lowest BCUT2D eigenvalue weighted by atomic mass is 10.1. The number of aromatic nitrogens is 2. The highest BCUT2D eigenvalue weighted by molar-refractivity contribution is 7.92. The van der Waals surface area contributed by atoms with Crippen molar-refractivity contribution in [2.45, 2.75) is 42.4 Å². The van der Waals surface area contributed by atoms with Gasteiger partial charge in [-0.3, -0.25) is 10.1 Å². The highest BCUT2D eigenvalue weighted by Crippen LogP contribution is 2.33. The first-order valence-corrected chi connectivity index (χ1v) is 14.6. The average molecular weight is 562 g/mol. The minimum atomic E-state index is -3.37. The number of oxime groups is 1. The van der Waals surface area contributed by atoms with Crippen molar-refractivity contribution in [1.29, 1.82) is 0 Å². The number of nitrogens with zero attached hydrogens (tertiary/aromatic N) is 4. The lowest BCUT2D eigenvalue weighted by Gasteiger charge is -2.10. The molecule has 3 aromatic rings. The molecule has 1 atom stereocenters. The van der Waals surface area contributed by atoms with E-state index in [9.17, 15) is 18.3 Å². The topological polar surface area (TPSA) is 143 Å². The standard InChI is InChI=1S/C25H31N5O6S2/c1-16(15-31)36-29-22(17-5-7-18(8-6-17)38(33,34)19-9-10-19)23(32)28-25-26-20-11-12-21(27-24(20)37-25)35-14-4-13-30(2)3/h5-8,11-12,16,19,31H,4,9-10,13-15H2,1-3H3,(H,26,28,32)/b29-22+/t16-/m1/s1. The third-order valence-electron chi connectivity index (χ3n) is 5.67. The monoisotopic (exact) mass is 561 g/mol. The van der Waals surface area contributed by atoms with Crippen LogP contribution < -0.4 is 10.1 Å². The average Bonchev–Trinajstić information content (AvgIpc) is 3.68. The molecular weight excluding hydrogens is 530 g/mol. The molecule has 2 heterocycles. The van der Waals surface area contributed by atoms with Crippen LogP contribution in [0, 0.1) is 0 Å². The van der Waals surface area contributed by atoms with E-state index >= 15 is 0 Å². The lowest BCUT2D eigenvalue weighted by molar-refractivity contribution is -0.110. The summed E-state index contributed by atoms with van der Waals surface area (Å²) < 4.78 is 30.8. The number of fused-ring (bicyclic) bond motifs is 1. The van der Waals surface area contributed by atoms with Crippen LogP contribution in [0.25, 0.3) is 10.3 Å². The van der Waals surface area contributed by atoms with Crippen LogP contribution in [0.15, 0.2) is 46.4 Å². The van der Waals surface area contributed by atoms with E-state index in [1.807, 2.05) is 14.1 Å². The largest absolute Gasteiger partial charge is 0.478 e. The van der Waals surface area contributed by atoms with Gasteiger partial charge in [0.15, 0.2) is 20.7 Å². The van der Waals surface area contributed by atoms with Gasteiger partial charge in [0.1, 0.15) is 16.5 Å². The molecular formula is C25H31N5O6S2.